The van der Waals surface area contributed by atoms with E-state index in [-0.39, 0.29) is 11.4 Å². The molecule has 1 aromatic heterocycles. The van der Waals surface area contributed by atoms with Gasteiger partial charge in [-0.3, -0.25) is 0 Å². The van der Waals surface area contributed by atoms with E-state index in [1.54, 1.807) is 0 Å². The molecule has 0 saturated heterocycles. The molecular weight excluding hydrogens is 520 g/mol. The van der Waals surface area contributed by atoms with Crippen LogP contribution in [0.3, 0.4) is 0 Å². The SMILES string of the molecule is CC1(C)c2ccccc2N(Oc2ccccc2Oc2nc(-c3ccccc3)nc(-c3ccccc3)n2)c2ccccc21. The Labute approximate surface area is 244 Å². The molecule has 0 fully saturated rings. The van der Waals surface area contributed by atoms with Crippen LogP contribution in [0.2, 0.25) is 0 Å². The zero-order valence-corrected chi connectivity index (χ0v) is 23.3. The lowest BCUT2D eigenvalue weighted by Gasteiger charge is -2.40. The highest BCUT2D eigenvalue weighted by Gasteiger charge is 2.37. The molecule has 0 N–H and O–H groups in total. The van der Waals surface area contributed by atoms with Gasteiger partial charge in [0.2, 0.25) is 0 Å². The number of para-hydroxylation sites is 4. The van der Waals surface area contributed by atoms with Crippen LogP contribution in [-0.2, 0) is 5.41 Å². The van der Waals surface area contributed by atoms with E-state index in [0.717, 1.165) is 22.5 Å². The molecule has 1 aliphatic heterocycles. The third kappa shape index (κ3) is 4.63. The molecule has 0 amide bonds. The van der Waals surface area contributed by atoms with E-state index in [9.17, 15) is 0 Å². The van der Waals surface area contributed by atoms with E-state index >= 15 is 0 Å². The quantitative estimate of drug-likeness (QED) is 0.207. The molecule has 0 spiro atoms. The molecule has 2 heterocycles. The van der Waals surface area contributed by atoms with Crippen molar-refractivity contribution in [1.29, 1.82) is 0 Å². The minimum atomic E-state index is -0.185. The lowest BCUT2D eigenvalue weighted by Crippen LogP contribution is -2.34. The lowest BCUT2D eigenvalue weighted by atomic mass is 9.74. The largest absolute Gasteiger partial charge is 0.420 e. The van der Waals surface area contributed by atoms with Gasteiger partial charge in [-0.1, -0.05) is 123 Å². The number of hydrogen-bond acceptors (Lipinski definition) is 6. The standard InChI is InChI=1S/C36H28N4O2/c1-36(2)27-19-9-11-21-29(27)40(30-22-12-10-20-28(30)36)42-32-24-14-13-23-31(32)41-35-38-33(25-15-5-3-6-16-25)37-34(39-35)26-17-7-4-8-18-26/h3-24H,1-2H3. The number of fused-ring (bicyclic) bond motifs is 2. The van der Waals surface area contributed by atoms with Gasteiger partial charge in [0.05, 0.1) is 11.4 Å². The Hall–Kier alpha value is -5.49. The Bertz CT molecular complexity index is 1770. The fraction of sp³-hybridized carbons (Fsp3) is 0.0833. The predicted molar refractivity (Wildman–Crippen MR) is 165 cm³/mol. The summed E-state index contributed by atoms with van der Waals surface area (Å²) >= 11 is 0. The van der Waals surface area contributed by atoms with Gasteiger partial charge in [-0.2, -0.15) is 15.0 Å². The Balaban J connectivity index is 1.29. The first-order valence-corrected chi connectivity index (χ1v) is 13.9. The van der Waals surface area contributed by atoms with Crippen molar-refractivity contribution in [3.8, 4) is 40.3 Å². The highest BCUT2D eigenvalue weighted by molar-refractivity contribution is 5.76. The van der Waals surface area contributed by atoms with Crippen molar-refractivity contribution >= 4 is 11.4 Å². The van der Waals surface area contributed by atoms with Crippen molar-refractivity contribution in [3.05, 3.63) is 145 Å². The van der Waals surface area contributed by atoms with Crippen LogP contribution in [0.5, 0.6) is 17.5 Å². The maximum absolute atomic E-state index is 6.67. The van der Waals surface area contributed by atoms with Crippen molar-refractivity contribution in [2.24, 2.45) is 0 Å². The average molecular weight is 549 g/mol. The summed E-state index contributed by atoms with van der Waals surface area (Å²) in [5, 5.41) is 1.89. The van der Waals surface area contributed by atoms with Crippen LogP contribution < -0.4 is 14.6 Å². The summed E-state index contributed by atoms with van der Waals surface area (Å²) in [6.07, 6.45) is 0. The molecule has 204 valence electrons. The van der Waals surface area contributed by atoms with Crippen LogP contribution in [0, 0.1) is 0 Å². The zero-order chi connectivity index (χ0) is 28.5. The zero-order valence-electron chi connectivity index (χ0n) is 23.3. The van der Waals surface area contributed by atoms with E-state index in [1.165, 1.54) is 11.1 Å². The molecule has 0 aliphatic carbocycles. The van der Waals surface area contributed by atoms with Gasteiger partial charge in [-0.15, -0.1) is 0 Å². The first-order chi connectivity index (χ1) is 20.6. The first kappa shape index (κ1) is 25.5. The molecule has 5 aromatic carbocycles. The van der Waals surface area contributed by atoms with Crippen LogP contribution in [0.4, 0.5) is 11.4 Å². The number of rotatable bonds is 6. The highest BCUT2D eigenvalue weighted by atomic mass is 16.7. The van der Waals surface area contributed by atoms with E-state index in [2.05, 4.69) is 60.2 Å². The Morgan fingerprint density at radius 1 is 0.500 bits per heavy atom. The molecule has 0 unspecified atom stereocenters. The van der Waals surface area contributed by atoms with E-state index in [4.69, 9.17) is 14.6 Å². The summed E-state index contributed by atoms with van der Waals surface area (Å²) in [6.45, 7) is 4.49. The Kier molecular flexibility index (Phi) is 6.36. The predicted octanol–water partition coefficient (Wildman–Crippen LogP) is 8.77. The minimum absolute atomic E-state index is 0.180. The van der Waals surface area contributed by atoms with Gasteiger partial charge in [0.25, 0.3) is 0 Å². The minimum Gasteiger partial charge on any atom is -0.420 e. The lowest BCUT2D eigenvalue weighted by molar-refractivity contribution is 0.297. The summed E-state index contributed by atoms with van der Waals surface area (Å²) in [5.41, 5.74) is 5.88. The second-order valence-electron chi connectivity index (χ2n) is 10.6. The van der Waals surface area contributed by atoms with Crippen molar-refractivity contribution < 1.29 is 9.57 Å². The van der Waals surface area contributed by atoms with Crippen molar-refractivity contribution in [2.75, 3.05) is 5.06 Å². The first-order valence-electron chi connectivity index (χ1n) is 13.9. The van der Waals surface area contributed by atoms with Gasteiger partial charge in [0.15, 0.2) is 23.1 Å². The number of aromatic nitrogens is 3. The molecular formula is C36H28N4O2. The van der Waals surface area contributed by atoms with Gasteiger partial charge >= 0.3 is 6.01 Å². The molecule has 0 atom stereocenters. The maximum Gasteiger partial charge on any atom is 0.326 e. The van der Waals surface area contributed by atoms with Crippen LogP contribution in [0.25, 0.3) is 22.8 Å². The molecule has 6 aromatic rings. The molecule has 7 rings (SSSR count). The second-order valence-corrected chi connectivity index (χ2v) is 10.6. The van der Waals surface area contributed by atoms with Gasteiger partial charge in [0.1, 0.15) is 0 Å². The van der Waals surface area contributed by atoms with Gasteiger partial charge in [0, 0.05) is 16.5 Å². The molecule has 0 radical (unpaired) electrons. The number of benzene rings is 5. The number of hydrogen-bond donors (Lipinski definition) is 0. The summed E-state index contributed by atoms with van der Waals surface area (Å²) in [4.78, 5) is 20.8. The van der Waals surface area contributed by atoms with Gasteiger partial charge in [-0.05, 0) is 35.4 Å². The Morgan fingerprint density at radius 2 is 0.952 bits per heavy atom. The molecule has 0 bridgehead atoms. The van der Waals surface area contributed by atoms with Crippen molar-refractivity contribution in [1.82, 2.24) is 15.0 Å². The van der Waals surface area contributed by atoms with Gasteiger partial charge in [-0.25, -0.2) is 4.98 Å². The summed E-state index contributed by atoms with van der Waals surface area (Å²) in [7, 11) is 0. The highest BCUT2D eigenvalue weighted by Crippen LogP contribution is 2.49. The summed E-state index contributed by atoms with van der Waals surface area (Å²) < 4.78 is 6.38. The maximum atomic E-state index is 6.67. The van der Waals surface area contributed by atoms with Crippen LogP contribution in [-0.4, -0.2) is 15.0 Å². The normalized spacial score (nSPS) is 13.1. The summed E-state index contributed by atoms with van der Waals surface area (Å²) in [5.74, 6) is 2.07. The van der Waals surface area contributed by atoms with E-state index in [0.29, 0.717) is 23.1 Å². The average Bonchev–Trinajstić information content (AvgIpc) is 3.05. The molecule has 1 aliphatic rings. The fourth-order valence-electron chi connectivity index (χ4n) is 5.37. The molecule has 42 heavy (non-hydrogen) atoms. The molecule has 6 nitrogen and oxygen atoms in total. The summed E-state index contributed by atoms with van der Waals surface area (Å²) in [6, 6.07) is 44.1. The van der Waals surface area contributed by atoms with Crippen molar-refractivity contribution in [3.63, 3.8) is 0 Å². The topological polar surface area (TPSA) is 60.4 Å². The molecule has 0 saturated carbocycles. The fourth-order valence-corrected chi connectivity index (χ4v) is 5.37. The van der Waals surface area contributed by atoms with Crippen molar-refractivity contribution in [2.45, 2.75) is 19.3 Å². The number of nitrogens with zero attached hydrogens (tertiary/aromatic N) is 4. The van der Waals surface area contributed by atoms with Crippen LogP contribution >= 0.6 is 0 Å². The van der Waals surface area contributed by atoms with E-state index < -0.39 is 0 Å². The number of anilines is 2. The Morgan fingerprint density at radius 3 is 1.50 bits per heavy atom. The van der Waals surface area contributed by atoms with Crippen LogP contribution in [0.1, 0.15) is 25.0 Å². The smallest absolute Gasteiger partial charge is 0.326 e. The third-order valence-electron chi connectivity index (χ3n) is 7.51. The molecule has 6 heteroatoms. The second kappa shape index (κ2) is 10.5. The monoisotopic (exact) mass is 548 g/mol. The van der Waals surface area contributed by atoms with Crippen LogP contribution in [0.15, 0.2) is 133 Å². The van der Waals surface area contributed by atoms with Gasteiger partial charge < -0.3 is 9.57 Å². The third-order valence-corrected chi connectivity index (χ3v) is 7.51. The number of ether oxygens (including phenoxy) is 1. The van der Waals surface area contributed by atoms with E-state index in [1.807, 2.05) is 102 Å².